The van der Waals surface area contributed by atoms with Crippen LogP contribution in [0.5, 0.6) is 11.5 Å². The molecule has 0 aromatic heterocycles. The first kappa shape index (κ1) is 18.8. The molecule has 0 fully saturated rings. The molecule has 1 atom stereocenters. The van der Waals surface area contributed by atoms with Crippen molar-refractivity contribution in [2.24, 2.45) is 5.73 Å². The molecule has 7 heteroatoms. The van der Waals surface area contributed by atoms with E-state index < -0.39 is 5.92 Å². The van der Waals surface area contributed by atoms with E-state index in [1.54, 1.807) is 25.3 Å². The van der Waals surface area contributed by atoms with Crippen LogP contribution < -0.4 is 15.2 Å². The predicted octanol–water partition coefficient (Wildman–Crippen LogP) is 2.28. The van der Waals surface area contributed by atoms with Gasteiger partial charge in [0.1, 0.15) is 5.82 Å². The Balaban J connectivity index is 2.25. The third-order valence-electron chi connectivity index (χ3n) is 5.03. The maximum absolute atomic E-state index is 12.9. The number of hydrazine groups is 1. The van der Waals surface area contributed by atoms with Gasteiger partial charge in [0.15, 0.2) is 17.3 Å². The summed E-state index contributed by atoms with van der Waals surface area (Å²) in [6, 6.07) is 7.68. The summed E-state index contributed by atoms with van der Waals surface area (Å²) in [5, 5.41) is 13.5. The van der Waals surface area contributed by atoms with Crippen LogP contribution in [0.2, 0.25) is 0 Å². The highest BCUT2D eigenvalue weighted by molar-refractivity contribution is 5.99. The third kappa shape index (κ3) is 3.02. The van der Waals surface area contributed by atoms with Crippen LogP contribution in [0.4, 0.5) is 0 Å². The molecule has 0 saturated heterocycles. The first-order chi connectivity index (χ1) is 12.9. The zero-order valence-electron chi connectivity index (χ0n) is 16.1. The van der Waals surface area contributed by atoms with Crippen LogP contribution in [0.25, 0.3) is 0 Å². The Morgan fingerprint density at radius 3 is 2.52 bits per heavy atom. The van der Waals surface area contributed by atoms with Gasteiger partial charge in [-0.25, -0.2) is 5.01 Å². The molecule has 2 aliphatic rings. The molecule has 1 aliphatic heterocycles. The van der Waals surface area contributed by atoms with Gasteiger partial charge in [0.2, 0.25) is 0 Å². The molecule has 1 aromatic rings. The van der Waals surface area contributed by atoms with Gasteiger partial charge < -0.3 is 15.2 Å². The summed E-state index contributed by atoms with van der Waals surface area (Å²) in [6.45, 7) is 0. The zero-order valence-corrected chi connectivity index (χ0v) is 16.1. The number of nitrogens with zero attached hydrogens (tertiary/aromatic N) is 3. The number of ether oxygens (including phenoxy) is 2. The molecule has 2 N–H and O–H groups in total. The Labute approximate surface area is 159 Å². The van der Waals surface area contributed by atoms with Gasteiger partial charge in [0.05, 0.1) is 31.8 Å². The van der Waals surface area contributed by atoms with E-state index in [2.05, 4.69) is 6.07 Å². The van der Waals surface area contributed by atoms with Crippen LogP contribution in [0.1, 0.15) is 30.7 Å². The van der Waals surface area contributed by atoms with Crippen LogP contribution in [-0.2, 0) is 4.79 Å². The van der Waals surface area contributed by atoms with E-state index in [1.165, 1.54) is 0 Å². The predicted molar refractivity (Wildman–Crippen MR) is 101 cm³/mol. The van der Waals surface area contributed by atoms with Gasteiger partial charge in [-0.15, -0.1) is 0 Å². The van der Waals surface area contributed by atoms with E-state index in [4.69, 9.17) is 15.2 Å². The molecule has 1 aliphatic carbocycles. The molecule has 0 bridgehead atoms. The van der Waals surface area contributed by atoms with Gasteiger partial charge in [-0.05, 0) is 30.5 Å². The Morgan fingerprint density at radius 1 is 1.22 bits per heavy atom. The molecule has 0 saturated carbocycles. The molecule has 142 valence electrons. The Kier molecular flexibility index (Phi) is 5.10. The number of nitrogens with two attached hydrogens (primary N) is 1. The molecule has 1 aromatic carbocycles. The average Bonchev–Trinajstić information content (AvgIpc) is 2.66. The highest BCUT2D eigenvalue weighted by atomic mass is 16.5. The number of methoxy groups -OCH3 is 2. The van der Waals surface area contributed by atoms with Crippen LogP contribution >= 0.6 is 0 Å². The second-order valence-corrected chi connectivity index (χ2v) is 6.75. The van der Waals surface area contributed by atoms with Gasteiger partial charge in [0.25, 0.3) is 0 Å². The van der Waals surface area contributed by atoms with E-state index in [0.29, 0.717) is 34.9 Å². The zero-order chi connectivity index (χ0) is 19.7. The SMILES string of the molecule is COc1ccc([C@H]2C(C#N)=C(N)N(N(C)C)C3=C2C(=O)CCC3)cc1OC. The minimum Gasteiger partial charge on any atom is -0.493 e. The number of carbonyl (C=O) groups is 1. The first-order valence-electron chi connectivity index (χ1n) is 8.79. The quantitative estimate of drug-likeness (QED) is 0.871. The number of hydrogen-bond donors (Lipinski definition) is 1. The van der Waals surface area contributed by atoms with Gasteiger partial charge in [-0.2, -0.15) is 5.26 Å². The smallest absolute Gasteiger partial charge is 0.161 e. The highest BCUT2D eigenvalue weighted by Crippen LogP contribution is 2.46. The largest absolute Gasteiger partial charge is 0.493 e. The number of benzene rings is 1. The van der Waals surface area contributed by atoms with Crippen molar-refractivity contribution in [1.29, 1.82) is 5.26 Å². The van der Waals surface area contributed by atoms with E-state index in [9.17, 15) is 10.1 Å². The van der Waals surface area contributed by atoms with Crippen LogP contribution in [-0.4, -0.2) is 44.1 Å². The van der Waals surface area contributed by atoms with Crippen molar-refractivity contribution in [2.45, 2.75) is 25.2 Å². The lowest BCUT2D eigenvalue weighted by atomic mass is 9.76. The number of carbonyl (C=O) groups excluding carboxylic acids is 1. The summed E-state index contributed by atoms with van der Waals surface area (Å²) < 4.78 is 10.7. The van der Waals surface area contributed by atoms with Gasteiger partial charge in [-0.1, -0.05) is 6.07 Å². The van der Waals surface area contributed by atoms with E-state index >= 15 is 0 Å². The van der Waals surface area contributed by atoms with Gasteiger partial charge in [-0.3, -0.25) is 9.80 Å². The molecule has 0 spiro atoms. The fraction of sp³-hybridized carbons (Fsp3) is 0.400. The number of allylic oxidation sites excluding steroid dienone is 3. The fourth-order valence-corrected chi connectivity index (χ4v) is 3.89. The summed E-state index contributed by atoms with van der Waals surface area (Å²) in [5.41, 5.74) is 9.05. The van der Waals surface area contributed by atoms with E-state index in [-0.39, 0.29) is 5.78 Å². The van der Waals surface area contributed by atoms with Crippen molar-refractivity contribution in [1.82, 2.24) is 10.0 Å². The molecule has 1 heterocycles. The topological polar surface area (TPSA) is 91.8 Å². The highest BCUT2D eigenvalue weighted by Gasteiger charge is 2.40. The Morgan fingerprint density at radius 2 is 1.93 bits per heavy atom. The van der Waals surface area contributed by atoms with Crippen molar-refractivity contribution in [3.8, 4) is 17.6 Å². The number of nitriles is 1. The van der Waals surface area contributed by atoms with E-state index in [1.807, 2.05) is 31.2 Å². The molecule has 3 rings (SSSR count). The van der Waals surface area contributed by atoms with Crippen molar-refractivity contribution >= 4 is 5.78 Å². The summed E-state index contributed by atoms with van der Waals surface area (Å²) in [5.74, 6) is 1.05. The van der Waals surface area contributed by atoms with Crippen LogP contribution in [0.3, 0.4) is 0 Å². The van der Waals surface area contributed by atoms with Gasteiger partial charge in [0, 0.05) is 31.8 Å². The summed E-state index contributed by atoms with van der Waals surface area (Å²) in [7, 11) is 6.82. The lowest BCUT2D eigenvalue weighted by Crippen LogP contribution is -2.45. The fourth-order valence-electron chi connectivity index (χ4n) is 3.89. The monoisotopic (exact) mass is 368 g/mol. The molecule has 7 nitrogen and oxygen atoms in total. The maximum atomic E-state index is 12.9. The lowest BCUT2D eigenvalue weighted by molar-refractivity contribution is -0.116. The van der Waals surface area contributed by atoms with Gasteiger partial charge >= 0.3 is 0 Å². The van der Waals surface area contributed by atoms with Crippen LogP contribution in [0.15, 0.2) is 40.9 Å². The van der Waals surface area contributed by atoms with Crippen molar-refractivity contribution in [2.75, 3.05) is 28.3 Å². The molecule has 27 heavy (non-hydrogen) atoms. The number of rotatable bonds is 4. The van der Waals surface area contributed by atoms with Crippen molar-refractivity contribution in [3.63, 3.8) is 0 Å². The lowest BCUT2D eigenvalue weighted by Gasteiger charge is -2.42. The number of hydrogen-bond acceptors (Lipinski definition) is 7. The molecule has 0 amide bonds. The van der Waals surface area contributed by atoms with Crippen molar-refractivity contribution in [3.05, 3.63) is 46.4 Å². The molecular formula is C20H24N4O3. The maximum Gasteiger partial charge on any atom is 0.161 e. The number of Topliss-reactive ketones (excluding diaryl/α,β-unsaturated/α-hetero) is 1. The minimum atomic E-state index is -0.506. The average molecular weight is 368 g/mol. The molecular weight excluding hydrogens is 344 g/mol. The minimum absolute atomic E-state index is 0.0585. The summed E-state index contributed by atoms with van der Waals surface area (Å²) in [6.07, 6.45) is 1.99. The molecule has 0 radical (unpaired) electrons. The summed E-state index contributed by atoms with van der Waals surface area (Å²) in [4.78, 5) is 12.9. The Bertz CT molecular complexity index is 880. The summed E-state index contributed by atoms with van der Waals surface area (Å²) >= 11 is 0. The molecule has 0 unspecified atom stereocenters. The standard InChI is InChI=1S/C20H24N4O3/c1-23(2)24-14-6-5-7-15(25)19(14)18(13(11-21)20(24)22)12-8-9-16(26-3)17(10-12)27-4/h8-10,18H,5-7,22H2,1-4H3/t18-/m0/s1. The number of ketones is 1. The second-order valence-electron chi connectivity index (χ2n) is 6.75. The van der Waals surface area contributed by atoms with Crippen molar-refractivity contribution < 1.29 is 14.3 Å². The van der Waals surface area contributed by atoms with E-state index in [0.717, 1.165) is 24.1 Å². The Hall–Kier alpha value is -2.98. The first-order valence-corrected chi connectivity index (χ1v) is 8.79. The second kappa shape index (κ2) is 7.33. The van der Waals surface area contributed by atoms with Crippen LogP contribution in [0, 0.1) is 11.3 Å². The third-order valence-corrected chi connectivity index (χ3v) is 5.03. The normalized spacial score (nSPS) is 19.9.